The van der Waals surface area contributed by atoms with Crippen LogP contribution in [-0.4, -0.2) is 66.2 Å². The number of benzene rings is 2. The Balaban J connectivity index is 1.91. The van der Waals surface area contributed by atoms with Gasteiger partial charge < -0.3 is 25.0 Å². The van der Waals surface area contributed by atoms with Crippen molar-refractivity contribution < 1.29 is 29.0 Å². The summed E-state index contributed by atoms with van der Waals surface area (Å²) in [5.74, 6) is -1.52. The summed E-state index contributed by atoms with van der Waals surface area (Å²) < 4.78 is 5.79. The van der Waals surface area contributed by atoms with Crippen molar-refractivity contribution in [3.63, 3.8) is 0 Å². The summed E-state index contributed by atoms with van der Waals surface area (Å²) in [5, 5.41) is 20.6. The number of carboxylic acids is 1. The largest absolute Gasteiger partial charge is 0.493 e. The van der Waals surface area contributed by atoms with Crippen LogP contribution in [0.1, 0.15) is 78.4 Å². The maximum Gasteiger partial charge on any atom is 0.323 e. The van der Waals surface area contributed by atoms with Crippen LogP contribution in [0.15, 0.2) is 30.3 Å². The smallest absolute Gasteiger partial charge is 0.323 e. The number of hydrogen-bond acceptors (Lipinski definition) is 6. The maximum absolute atomic E-state index is 13.4. The summed E-state index contributed by atoms with van der Waals surface area (Å²) in [5.41, 5.74) is 2.71. The lowest BCUT2D eigenvalue weighted by Gasteiger charge is -2.29. The second-order valence-electron chi connectivity index (χ2n) is 10.5. The number of nitrogens with zero attached hydrogens (tertiary/aromatic N) is 2. The first kappa shape index (κ1) is 29.3. The van der Waals surface area contributed by atoms with Crippen molar-refractivity contribution in [3.8, 4) is 5.75 Å². The highest BCUT2D eigenvalue weighted by molar-refractivity contribution is 6.08. The van der Waals surface area contributed by atoms with Crippen molar-refractivity contribution in [2.45, 2.75) is 53.0 Å². The zero-order chi connectivity index (χ0) is 29.1. The van der Waals surface area contributed by atoms with Gasteiger partial charge in [0.1, 0.15) is 18.1 Å². The van der Waals surface area contributed by atoms with Crippen LogP contribution < -0.4 is 15.0 Å². The second-order valence-corrected chi connectivity index (χ2v) is 10.5. The standard InChI is InChI=1S/C29H36N4O6/c1-7-10-39-25-12-19-14-32(27(30)20(19)13-21(25)28(38)31-6)15-24(35)18-8-9-23(22(11-18)29(3,4)5)33(17(2)34)16-26(36)37/h8-9,11-13,30H,7,10,14-16H2,1-6H3,(H,31,38)(H,36,37). The van der Waals surface area contributed by atoms with Gasteiger partial charge in [-0.3, -0.25) is 24.6 Å². The molecule has 0 radical (unpaired) electrons. The monoisotopic (exact) mass is 536 g/mol. The van der Waals surface area contributed by atoms with E-state index in [1.165, 1.54) is 18.9 Å². The summed E-state index contributed by atoms with van der Waals surface area (Å²) in [7, 11) is 1.53. The van der Waals surface area contributed by atoms with E-state index in [0.29, 0.717) is 46.8 Å². The Kier molecular flexibility index (Phi) is 8.78. The average Bonchev–Trinajstić information content (AvgIpc) is 3.17. The van der Waals surface area contributed by atoms with Gasteiger partial charge in [-0.1, -0.05) is 27.7 Å². The summed E-state index contributed by atoms with van der Waals surface area (Å²) in [6.45, 7) is 9.26. The molecule has 208 valence electrons. The number of ether oxygens (including phenoxy) is 1. The number of carboxylic acid groups (broad SMARTS) is 1. The van der Waals surface area contributed by atoms with E-state index in [-0.39, 0.29) is 24.1 Å². The minimum Gasteiger partial charge on any atom is -0.493 e. The first-order valence-corrected chi connectivity index (χ1v) is 12.8. The predicted octanol–water partition coefficient (Wildman–Crippen LogP) is 3.59. The van der Waals surface area contributed by atoms with E-state index in [1.54, 1.807) is 35.2 Å². The van der Waals surface area contributed by atoms with Crippen molar-refractivity contribution in [1.29, 1.82) is 5.41 Å². The number of aliphatic carboxylic acids is 1. The molecule has 0 saturated carbocycles. The number of carbonyl (C=O) groups excluding carboxylic acids is 3. The number of Topliss-reactive ketones (excluding diaryl/α,β-unsaturated/α-hetero) is 1. The van der Waals surface area contributed by atoms with Gasteiger partial charge in [-0.25, -0.2) is 0 Å². The lowest BCUT2D eigenvalue weighted by molar-refractivity contribution is -0.136. The first-order valence-electron chi connectivity index (χ1n) is 12.8. The van der Waals surface area contributed by atoms with Gasteiger partial charge in [0.2, 0.25) is 5.91 Å². The molecule has 0 fully saturated rings. The van der Waals surface area contributed by atoms with Gasteiger partial charge >= 0.3 is 5.97 Å². The molecule has 1 aliphatic heterocycles. The molecule has 39 heavy (non-hydrogen) atoms. The van der Waals surface area contributed by atoms with Gasteiger partial charge in [0.15, 0.2) is 5.78 Å². The van der Waals surface area contributed by atoms with E-state index < -0.39 is 23.8 Å². The SMILES string of the molecule is CCCOc1cc2c(cc1C(=O)NC)C(=N)N(CC(=O)c1ccc(N(CC(=O)O)C(C)=O)c(C(C)(C)C)c1)C2. The van der Waals surface area contributed by atoms with Crippen LogP contribution in [0.25, 0.3) is 0 Å². The van der Waals surface area contributed by atoms with Crippen LogP contribution in [0, 0.1) is 5.41 Å². The number of carbonyl (C=O) groups is 4. The van der Waals surface area contributed by atoms with Crippen molar-refractivity contribution in [3.05, 3.63) is 58.1 Å². The molecule has 0 bridgehead atoms. The topological polar surface area (TPSA) is 140 Å². The molecular weight excluding hydrogens is 500 g/mol. The molecule has 2 aromatic carbocycles. The fraction of sp³-hybridized carbons (Fsp3) is 0.414. The molecule has 2 aromatic rings. The van der Waals surface area contributed by atoms with Gasteiger partial charge in [-0.2, -0.15) is 0 Å². The van der Waals surface area contributed by atoms with E-state index >= 15 is 0 Å². The lowest BCUT2D eigenvalue weighted by atomic mass is 9.84. The van der Waals surface area contributed by atoms with E-state index in [4.69, 9.17) is 10.1 Å². The Bertz CT molecular complexity index is 1330. The van der Waals surface area contributed by atoms with Crippen molar-refractivity contribution in [2.75, 3.05) is 31.6 Å². The number of nitrogens with one attached hydrogen (secondary N) is 2. The Hall–Kier alpha value is -4.21. The van der Waals surface area contributed by atoms with E-state index in [9.17, 15) is 24.3 Å². The van der Waals surface area contributed by atoms with E-state index in [2.05, 4.69) is 5.32 Å². The molecule has 3 rings (SSSR count). The highest BCUT2D eigenvalue weighted by atomic mass is 16.5. The molecule has 1 heterocycles. The van der Waals surface area contributed by atoms with E-state index in [0.717, 1.165) is 12.0 Å². The second kappa shape index (κ2) is 11.7. The van der Waals surface area contributed by atoms with Crippen LogP contribution in [0.5, 0.6) is 5.75 Å². The van der Waals surface area contributed by atoms with Crippen molar-refractivity contribution >= 4 is 35.1 Å². The molecule has 0 spiro atoms. The van der Waals surface area contributed by atoms with Crippen LogP contribution in [0.3, 0.4) is 0 Å². The summed E-state index contributed by atoms with van der Waals surface area (Å²) >= 11 is 0. The van der Waals surface area contributed by atoms with Crippen LogP contribution >= 0.6 is 0 Å². The van der Waals surface area contributed by atoms with Crippen LogP contribution in [0.4, 0.5) is 5.69 Å². The molecule has 3 N–H and O–H groups in total. The molecule has 1 aliphatic rings. The third-order valence-corrected chi connectivity index (χ3v) is 6.50. The molecule has 0 aliphatic carbocycles. The molecule has 0 saturated heterocycles. The Morgan fingerprint density at radius 1 is 1.15 bits per heavy atom. The number of ketones is 1. The third-order valence-electron chi connectivity index (χ3n) is 6.50. The molecular formula is C29H36N4O6. The number of fused-ring (bicyclic) bond motifs is 1. The number of amidine groups is 1. The molecule has 10 heteroatoms. The third kappa shape index (κ3) is 6.45. The van der Waals surface area contributed by atoms with Crippen molar-refractivity contribution in [2.24, 2.45) is 0 Å². The minimum atomic E-state index is -1.14. The summed E-state index contributed by atoms with van der Waals surface area (Å²) in [6.07, 6.45) is 0.774. The predicted molar refractivity (Wildman–Crippen MR) is 148 cm³/mol. The highest BCUT2D eigenvalue weighted by Gasteiger charge is 2.30. The zero-order valence-electron chi connectivity index (χ0n) is 23.3. The lowest BCUT2D eigenvalue weighted by Crippen LogP contribution is -2.36. The number of anilines is 1. The van der Waals surface area contributed by atoms with Gasteiger partial charge in [-0.05, 0) is 53.3 Å². The minimum absolute atomic E-state index is 0.0670. The molecule has 0 aromatic heterocycles. The summed E-state index contributed by atoms with van der Waals surface area (Å²) in [6, 6.07) is 8.28. The molecule has 2 amide bonds. The first-order chi connectivity index (χ1) is 18.3. The molecule has 0 unspecified atom stereocenters. The Morgan fingerprint density at radius 3 is 2.41 bits per heavy atom. The van der Waals surface area contributed by atoms with Crippen molar-refractivity contribution in [1.82, 2.24) is 10.2 Å². The summed E-state index contributed by atoms with van der Waals surface area (Å²) in [4.78, 5) is 52.3. The van der Waals surface area contributed by atoms with Crippen LogP contribution in [-0.2, 0) is 21.5 Å². The van der Waals surface area contributed by atoms with E-state index in [1.807, 2.05) is 27.7 Å². The molecule has 10 nitrogen and oxygen atoms in total. The van der Waals surface area contributed by atoms with Gasteiger partial charge in [0.05, 0.1) is 18.7 Å². The fourth-order valence-electron chi connectivity index (χ4n) is 4.52. The van der Waals surface area contributed by atoms with Gasteiger partial charge in [0, 0.05) is 37.3 Å². The highest BCUT2D eigenvalue weighted by Crippen LogP contribution is 2.34. The normalized spacial score (nSPS) is 12.7. The van der Waals surface area contributed by atoms with Gasteiger partial charge in [0.25, 0.3) is 5.91 Å². The Labute approximate surface area is 228 Å². The number of hydrogen-bond donors (Lipinski definition) is 3. The van der Waals surface area contributed by atoms with Gasteiger partial charge in [-0.15, -0.1) is 0 Å². The number of amides is 2. The maximum atomic E-state index is 13.4. The van der Waals surface area contributed by atoms with Crippen LogP contribution in [0.2, 0.25) is 0 Å². The Morgan fingerprint density at radius 2 is 1.85 bits per heavy atom. The molecule has 0 atom stereocenters. The average molecular weight is 537 g/mol. The number of rotatable bonds is 10. The fourth-order valence-corrected chi connectivity index (χ4v) is 4.52. The quantitative estimate of drug-likeness (QED) is 0.394. The zero-order valence-corrected chi connectivity index (χ0v) is 23.3.